The zero-order valence-electron chi connectivity index (χ0n) is 28.1. The molecule has 258 valence electrons. The molecule has 10 nitrogen and oxygen atoms in total. The second-order valence-electron chi connectivity index (χ2n) is 12.4. The summed E-state index contributed by atoms with van der Waals surface area (Å²) in [5.74, 6) is -0.716. The fourth-order valence-electron chi connectivity index (χ4n) is 6.12. The molecule has 51 heavy (non-hydrogen) atoms. The Labute approximate surface area is 294 Å². The zero-order valence-corrected chi connectivity index (χ0v) is 28.1. The average Bonchev–Trinajstić information content (AvgIpc) is 3.57. The second kappa shape index (κ2) is 14.8. The van der Waals surface area contributed by atoms with Gasteiger partial charge in [-0.3, -0.25) is 9.36 Å². The van der Waals surface area contributed by atoms with Crippen molar-refractivity contribution in [3.8, 4) is 5.69 Å². The molecule has 1 amide bonds. The van der Waals surface area contributed by atoms with Crippen molar-refractivity contribution in [2.45, 2.75) is 13.1 Å². The van der Waals surface area contributed by atoms with E-state index >= 15 is 4.39 Å². The van der Waals surface area contributed by atoms with Crippen LogP contribution >= 0.6 is 0 Å². The van der Waals surface area contributed by atoms with Gasteiger partial charge in [0.1, 0.15) is 18.0 Å². The van der Waals surface area contributed by atoms with Crippen LogP contribution in [0.2, 0.25) is 0 Å². The summed E-state index contributed by atoms with van der Waals surface area (Å²) in [4.78, 5) is 33.1. The maximum atomic E-state index is 15.6. The highest BCUT2D eigenvalue weighted by molar-refractivity contribution is 5.99. The van der Waals surface area contributed by atoms with E-state index in [1.54, 1.807) is 23.0 Å². The molecule has 1 saturated heterocycles. The third-order valence-electron chi connectivity index (χ3n) is 8.83. The van der Waals surface area contributed by atoms with Crippen LogP contribution in [0.15, 0.2) is 116 Å². The summed E-state index contributed by atoms with van der Waals surface area (Å²) in [5.41, 5.74) is 4.59. The van der Waals surface area contributed by atoms with Crippen LogP contribution in [-0.2, 0) is 17.9 Å². The molecule has 12 heteroatoms. The minimum atomic E-state index is -0.602. The number of imidazole rings is 1. The standard InChI is InChI=1S/C39H37F2N9O/c1-3-35(51)44-33-23-30(15-16-31(33)40)50-26-42-36-37(49(24-27-10-6-4-7-11-27)25-28-12-8-5-9-13-28)45-39(46-38(36)50)43-29-14-17-34(32(41)22-29)48-20-18-47(2)19-21-48/h3-17,22-23,26H,1,18-21,24-25H2,2H3,(H,44,51)(H,43,45,46). The number of rotatable bonds is 11. The van der Waals surface area contributed by atoms with Gasteiger partial charge in [-0.15, -0.1) is 0 Å². The molecule has 0 aliphatic carbocycles. The molecule has 1 aliphatic heterocycles. The fraction of sp³-hybridized carbons (Fsp3) is 0.179. The van der Waals surface area contributed by atoms with Crippen LogP contribution in [0.4, 0.5) is 37.6 Å². The molecule has 6 aromatic rings. The fourth-order valence-corrected chi connectivity index (χ4v) is 6.12. The quantitative estimate of drug-likeness (QED) is 0.142. The van der Waals surface area contributed by atoms with Crippen molar-refractivity contribution < 1.29 is 13.6 Å². The Balaban J connectivity index is 1.33. The third-order valence-corrected chi connectivity index (χ3v) is 8.83. The van der Waals surface area contributed by atoms with Crippen LogP contribution in [-0.4, -0.2) is 63.6 Å². The number of piperazine rings is 1. The van der Waals surface area contributed by atoms with E-state index in [2.05, 4.69) is 63.2 Å². The number of amides is 1. The molecule has 2 N–H and O–H groups in total. The Morgan fingerprint density at radius 3 is 2.20 bits per heavy atom. The predicted octanol–water partition coefficient (Wildman–Crippen LogP) is 6.92. The topological polar surface area (TPSA) is 94.4 Å². The van der Waals surface area contributed by atoms with Gasteiger partial charge < -0.3 is 25.3 Å². The van der Waals surface area contributed by atoms with Crippen LogP contribution in [0.5, 0.6) is 0 Å². The first kappa shape index (κ1) is 33.4. The summed E-state index contributed by atoms with van der Waals surface area (Å²) >= 11 is 0. The molecule has 0 atom stereocenters. The molecule has 0 bridgehead atoms. The third kappa shape index (κ3) is 7.55. The largest absolute Gasteiger partial charge is 0.367 e. The van der Waals surface area contributed by atoms with Gasteiger partial charge in [0.25, 0.3) is 0 Å². The van der Waals surface area contributed by atoms with Crippen molar-refractivity contribution >= 4 is 45.9 Å². The lowest BCUT2D eigenvalue weighted by Gasteiger charge is -2.34. The van der Waals surface area contributed by atoms with Gasteiger partial charge in [-0.05, 0) is 60.6 Å². The molecule has 4 aromatic carbocycles. The second-order valence-corrected chi connectivity index (χ2v) is 12.4. The summed E-state index contributed by atoms with van der Waals surface area (Å²) in [6, 6.07) is 29.5. The summed E-state index contributed by atoms with van der Waals surface area (Å²) in [7, 11) is 2.06. The molecular weight excluding hydrogens is 648 g/mol. The molecule has 0 unspecified atom stereocenters. The van der Waals surface area contributed by atoms with Gasteiger partial charge in [0, 0.05) is 45.0 Å². The smallest absolute Gasteiger partial charge is 0.247 e. The van der Waals surface area contributed by atoms with Crippen LogP contribution < -0.4 is 20.4 Å². The van der Waals surface area contributed by atoms with E-state index in [1.807, 2.05) is 42.5 Å². The highest BCUT2D eigenvalue weighted by atomic mass is 19.1. The van der Waals surface area contributed by atoms with Gasteiger partial charge in [-0.25, -0.2) is 13.8 Å². The maximum absolute atomic E-state index is 15.6. The highest BCUT2D eigenvalue weighted by Crippen LogP contribution is 2.32. The van der Waals surface area contributed by atoms with Crippen molar-refractivity contribution in [3.05, 3.63) is 139 Å². The Morgan fingerprint density at radius 1 is 0.863 bits per heavy atom. The SMILES string of the molecule is C=CC(=O)Nc1cc(-n2cnc3c(N(Cc4ccccc4)Cc4ccccc4)nc(Nc4ccc(N5CCN(C)CC5)c(F)c4)nc32)ccc1F. The van der Waals surface area contributed by atoms with E-state index in [0.29, 0.717) is 47.1 Å². The van der Waals surface area contributed by atoms with Crippen molar-refractivity contribution in [2.24, 2.45) is 0 Å². The van der Waals surface area contributed by atoms with E-state index in [-0.39, 0.29) is 17.5 Å². The van der Waals surface area contributed by atoms with Crippen molar-refractivity contribution in [3.63, 3.8) is 0 Å². The number of likely N-dealkylation sites (N-methyl/N-ethyl adjacent to an activating group) is 1. The van der Waals surface area contributed by atoms with E-state index < -0.39 is 11.7 Å². The van der Waals surface area contributed by atoms with Crippen LogP contribution in [0.1, 0.15) is 11.1 Å². The molecule has 3 heterocycles. The summed E-state index contributed by atoms with van der Waals surface area (Å²) < 4.78 is 32.0. The number of nitrogens with zero attached hydrogens (tertiary/aromatic N) is 7. The van der Waals surface area contributed by atoms with Gasteiger partial charge >= 0.3 is 0 Å². The first-order chi connectivity index (χ1) is 24.8. The monoisotopic (exact) mass is 685 g/mol. The molecule has 7 rings (SSSR count). The van der Waals surface area contributed by atoms with Gasteiger partial charge in [0.05, 0.1) is 17.1 Å². The van der Waals surface area contributed by atoms with Crippen LogP contribution in [0.25, 0.3) is 16.9 Å². The van der Waals surface area contributed by atoms with E-state index in [1.165, 1.54) is 18.2 Å². The van der Waals surface area contributed by atoms with E-state index in [4.69, 9.17) is 15.0 Å². The van der Waals surface area contributed by atoms with Crippen LogP contribution in [0, 0.1) is 11.6 Å². The Morgan fingerprint density at radius 2 is 1.55 bits per heavy atom. The normalized spacial score (nSPS) is 13.3. The predicted molar refractivity (Wildman–Crippen MR) is 198 cm³/mol. The number of anilines is 5. The van der Waals surface area contributed by atoms with Crippen molar-refractivity contribution in [2.75, 3.05) is 53.7 Å². The summed E-state index contributed by atoms with van der Waals surface area (Å²) in [6.07, 6.45) is 2.66. The minimum absolute atomic E-state index is 0.0161. The maximum Gasteiger partial charge on any atom is 0.247 e. The molecule has 2 aromatic heterocycles. The Hall–Kier alpha value is -6.14. The first-order valence-corrected chi connectivity index (χ1v) is 16.7. The summed E-state index contributed by atoms with van der Waals surface area (Å²) in [5, 5.41) is 5.75. The zero-order chi connectivity index (χ0) is 35.3. The minimum Gasteiger partial charge on any atom is -0.367 e. The lowest BCUT2D eigenvalue weighted by molar-refractivity contribution is -0.111. The number of carbonyl (C=O) groups is 1. The van der Waals surface area contributed by atoms with E-state index in [0.717, 1.165) is 43.4 Å². The van der Waals surface area contributed by atoms with Gasteiger partial charge in [-0.2, -0.15) is 9.97 Å². The van der Waals surface area contributed by atoms with Crippen LogP contribution in [0.3, 0.4) is 0 Å². The molecule has 0 radical (unpaired) electrons. The number of carbonyl (C=O) groups excluding carboxylic acids is 1. The molecule has 0 saturated carbocycles. The average molecular weight is 686 g/mol. The first-order valence-electron chi connectivity index (χ1n) is 16.7. The Kier molecular flexibility index (Phi) is 9.66. The molecule has 1 aliphatic rings. The van der Waals surface area contributed by atoms with E-state index in [9.17, 15) is 9.18 Å². The van der Waals surface area contributed by atoms with Gasteiger partial charge in [-0.1, -0.05) is 67.2 Å². The van der Waals surface area contributed by atoms with Gasteiger partial charge in [0.15, 0.2) is 17.0 Å². The lowest BCUT2D eigenvalue weighted by atomic mass is 10.1. The lowest BCUT2D eigenvalue weighted by Crippen LogP contribution is -2.44. The molecule has 1 fully saturated rings. The van der Waals surface area contributed by atoms with Gasteiger partial charge in [0.2, 0.25) is 11.9 Å². The molecular formula is C39H37F2N9O. The number of fused-ring (bicyclic) bond motifs is 1. The number of benzene rings is 4. The summed E-state index contributed by atoms with van der Waals surface area (Å²) in [6.45, 7) is 7.70. The van der Waals surface area contributed by atoms with Crippen molar-refractivity contribution in [1.29, 1.82) is 0 Å². The number of halogens is 2. The van der Waals surface area contributed by atoms with Crippen molar-refractivity contribution in [1.82, 2.24) is 24.4 Å². The highest BCUT2D eigenvalue weighted by Gasteiger charge is 2.22. The Bertz CT molecular complexity index is 2130. The number of nitrogens with one attached hydrogen (secondary N) is 2. The molecule has 0 spiro atoms. The number of hydrogen-bond donors (Lipinski definition) is 2. The number of hydrogen-bond acceptors (Lipinski definition) is 8. The number of aromatic nitrogens is 4.